The van der Waals surface area contributed by atoms with E-state index in [0.717, 1.165) is 24.2 Å². The number of methoxy groups -OCH3 is 1. The number of carbonyl (C=O) groups excluding carboxylic acids is 2. The Morgan fingerprint density at radius 3 is 2.65 bits per heavy atom. The van der Waals surface area contributed by atoms with Gasteiger partial charge < -0.3 is 19.4 Å². The summed E-state index contributed by atoms with van der Waals surface area (Å²) in [6.07, 6.45) is 1.98. The Bertz CT molecular complexity index is 855. The lowest BCUT2D eigenvalue weighted by Crippen LogP contribution is -2.30. The molecule has 26 heavy (non-hydrogen) atoms. The summed E-state index contributed by atoms with van der Waals surface area (Å²) in [4.78, 5) is 24.1. The van der Waals surface area contributed by atoms with Crippen LogP contribution in [-0.4, -0.2) is 36.2 Å². The van der Waals surface area contributed by atoms with E-state index in [1.54, 1.807) is 31.4 Å². The molecular weight excluding hydrogens is 356 g/mol. The third-order valence-corrected chi connectivity index (χ3v) is 4.54. The minimum Gasteiger partial charge on any atom is -0.495 e. The van der Waals surface area contributed by atoms with Crippen LogP contribution >= 0.6 is 11.6 Å². The number of esters is 1. The molecule has 1 saturated carbocycles. The fraction of sp³-hybridized carbons (Fsp3) is 0.368. The topological polar surface area (TPSA) is 69.6 Å². The van der Waals surface area contributed by atoms with E-state index in [4.69, 9.17) is 21.1 Å². The second-order valence-electron chi connectivity index (χ2n) is 6.35. The number of halogens is 1. The summed E-state index contributed by atoms with van der Waals surface area (Å²) in [6, 6.07) is 7.26. The van der Waals surface area contributed by atoms with Crippen molar-refractivity contribution in [2.75, 3.05) is 13.7 Å². The largest absolute Gasteiger partial charge is 0.495 e. The number of rotatable bonds is 6. The summed E-state index contributed by atoms with van der Waals surface area (Å²) in [6.45, 7) is 3.41. The second-order valence-corrected chi connectivity index (χ2v) is 6.79. The summed E-state index contributed by atoms with van der Waals surface area (Å²) >= 11 is 6.12. The second kappa shape index (κ2) is 7.41. The van der Waals surface area contributed by atoms with Gasteiger partial charge in [-0.15, -0.1) is 0 Å². The van der Waals surface area contributed by atoms with Gasteiger partial charge in [0.15, 0.2) is 6.61 Å². The van der Waals surface area contributed by atoms with Gasteiger partial charge in [0.25, 0.3) is 5.91 Å². The molecule has 138 valence electrons. The van der Waals surface area contributed by atoms with Crippen molar-refractivity contribution in [3.63, 3.8) is 0 Å². The highest BCUT2D eigenvalue weighted by molar-refractivity contribution is 6.30. The molecule has 0 bridgehead atoms. The van der Waals surface area contributed by atoms with E-state index in [9.17, 15) is 9.59 Å². The van der Waals surface area contributed by atoms with Crippen LogP contribution in [-0.2, 0) is 9.53 Å². The number of aryl methyl sites for hydroxylation is 1. The van der Waals surface area contributed by atoms with Gasteiger partial charge in [0.2, 0.25) is 0 Å². The van der Waals surface area contributed by atoms with Gasteiger partial charge >= 0.3 is 5.97 Å². The summed E-state index contributed by atoms with van der Waals surface area (Å²) < 4.78 is 12.5. The Morgan fingerprint density at radius 1 is 1.27 bits per heavy atom. The van der Waals surface area contributed by atoms with Gasteiger partial charge in [0, 0.05) is 22.5 Å². The highest BCUT2D eigenvalue weighted by atomic mass is 35.5. The number of benzene rings is 1. The first-order valence-corrected chi connectivity index (χ1v) is 8.78. The molecule has 0 radical (unpaired) electrons. The van der Waals surface area contributed by atoms with Crippen LogP contribution in [0.15, 0.2) is 24.3 Å². The fourth-order valence-corrected chi connectivity index (χ4v) is 3.05. The Hall–Kier alpha value is -2.47. The molecule has 1 N–H and O–H groups in total. The maximum atomic E-state index is 12.4. The van der Waals surface area contributed by atoms with Crippen molar-refractivity contribution in [3.8, 4) is 11.4 Å². The van der Waals surface area contributed by atoms with Crippen molar-refractivity contribution in [1.29, 1.82) is 0 Å². The number of nitrogens with one attached hydrogen (secondary N) is 1. The van der Waals surface area contributed by atoms with Crippen molar-refractivity contribution in [3.05, 3.63) is 46.2 Å². The van der Waals surface area contributed by atoms with E-state index in [1.165, 1.54) is 0 Å². The molecule has 0 atom stereocenters. The average Bonchev–Trinajstić information content (AvgIpc) is 3.36. The van der Waals surface area contributed by atoms with Gasteiger partial charge in [-0.3, -0.25) is 4.79 Å². The quantitative estimate of drug-likeness (QED) is 0.786. The van der Waals surface area contributed by atoms with Crippen LogP contribution in [0.1, 0.15) is 34.6 Å². The van der Waals surface area contributed by atoms with Crippen LogP contribution in [0.25, 0.3) is 5.69 Å². The maximum Gasteiger partial charge on any atom is 0.340 e. The Balaban J connectivity index is 1.82. The zero-order valence-corrected chi connectivity index (χ0v) is 15.7. The summed E-state index contributed by atoms with van der Waals surface area (Å²) in [5.41, 5.74) is 2.66. The van der Waals surface area contributed by atoms with Crippen molar-refractivity contribution in [2.45, 2.75) is 32.7 Å². The smallest absolute Gasteiger partial charge is 0.340 e. The van der Waals surface area contributed by atoms with Crippen LogP contribution < -0.4 is 10.1 Å². The number of carbonyl (C=O) groups is 2. The van der Waals surface area contributed by atoms with E-state index in [-0.39, 0.29) is 18.6 Å². The van der Waals surface area contributed by atoms with E-state index in [0.29, 0.717) is 22.0 Å². The number of amides is 1. The molecule has 0 spiro atoms. The first-order chi connectivity index (χ1) is 12.4. The molecule has 1 aliphatic carbocycles. The maximum absolute atomic E-state index is 12.4. The monoisotopic (exact) mass is 376 g/mol. The van der Waals surface area contributed by atoms with Gasteiger partial charge in [0.1, 0.15) is 5.75 Å². The average molecular weight is 377 g/mol. The Kier molecular flexibility index (Phi) is 5.23. The predicted molar refractivity (Wildman–Crippen MR) is 98.3 cm³/mol. The molecule has 7 heteroatoms. The SMILES string of the molecule is COc1ccc(Cl)cc1-n1c(C)cc(C(=O)OCC(=O)NC2CC2)c1C. The molecule has 1 aromatic carbocycles. The predicted octanol–water partition coefficient (Wildman–Crippen LogP) is 3.19. The van der Waals surface area contributed by atoms with Crippen molar-refractivity contribution < 1.29 is 19.1 Å². The summed E-state index contributed by atoms with van der Waals surface area (Å²) in [5.74, 6) is -0.164. The molecule has 0 unspecified atom stereocenters. The normalized spacial score (nSPS) is 13.4. The van der Waals surface area contributed by atoms with E-state index >= 15 is 0 Å². The molecule has 1 amide bonds. The highest BCUT2D eigenvalue weighted by Gasteiger charge is 2.24. The highest BCUT2D eigenvalue weighted by Crippen LogP contribution is 2.30. The van der Waals surface area contributed by atoms with Gasteiger partial charge in [-0.2, -0.15) is 0 Å². The van der Waals surface area contributed by atoms with Gasteiger partial charge in [-0.05, 0) is 51.0 Å². The number of hydrogen-bond donors (Lipinski definition) is 1. The van der Waals surface area contributed by atoms with Crippen LogP contribution in [0.5, 0.6) is 5.75 Å². The van der Waals surface area contributed by atoms with E-state index < -0.39 is 5.97 Å². The molecule has 3 rings (SSSR count). The van der Waals surface area contributed by atoms with Crippen LogP contribution in [0.4, 0.5) is 0 Å². The molecule has 6 nitrogen and oxygen atoms in total. The minimum atomic E-state index is -0.531. The molecule has 1 heterocycles. The van der Waals surface area contributed by atoms with Gasteiger partial charge in [-0.1, -0.05) is 11.6 Å². The zero-order chi connectivity index (χ0) is 18.8. The summed E-state index contributed by atoms with van der Waals surface area (Å²) in [5, 5.41) is 3.35. The molecule has 0 aliphatic heterocycles. The summed E-state index contributed by atoms with van der Waals surface area (Å²) in [7, 11) is 1.58. The van der Waals surface area contributed by atoms with Crippen molar-refractivity contribution in [2.24, 2.45) is 0 Å². The number of aromatic nitrogens is 1. The van der Waals surface area contributed by atoms with Crippen LogP contribution in [0, 0.1) is 13.8 Å². The molecule has 1 aromatic heterocycles. The number of ether oxygens (including phenoxy) is 2. The number of nitrogens with zero attached hydrogens (tertiary/aromatic N) is 1. The lowest BCUT2D eigenvalue weighted by atomic mass is 10.2. The van der Waals surface area contributed by atoms with Crippen molar-refractivity contribution in [1.82, 2.24) is 9.88 Å². The van der Waals surface area contributed by atoms with Gasteiger partial charge in [-0.25, -0.2) is 4.79 Å². The standard InChI is InChI=1S/C19H21ClN2O4/c1-11-8-15(19(24)26-10-18(23)21-14-5-6-14)12(2)22(11)16-9-13(20)4-7-17(16)25-3/h4,7-9,14H,5-6,10H2,1-3H3,(H,21,23). The van der Waals surface area contributed by atoms with Crippen LogP contribution in [0.3, 0.4) is 0 Å². The zero-order valence-electron chi connectivity index (χ0n) is 15.0. The van der Waals surface area contributed by atoms with Gasteiger partial charge in [0.05, 0.1) is 18.4 Å². The Morgan fingerprint density at radius 2 is 2.00 bits per heavy atom. The Labute approximate surface area is 157 Å². The van der Waals surface area contributed by atoms with E-state index in [2.05, 4.69) is 5.32 Å². The third-order valence-electron chi connectivity index (χ3n) is 4.31. The molecule has 1 fully saturated rings. The molecule has 1 aliphatic rings. The molecular formula is C19H21ClN2O4. The van der Waals surface area contributed by atoms with Crippen LogP contribution in [0.2, 0.25) is 5.02 Å². The first-order valence-electron chi connectivity index (χ1n) is 8.40. The fourth-order valence-electron chi connectivity index (χ4n) is 2.88. The molecule has 0 saturated heterocycles. The third kappa shape index (κ3) is 3.85. The first kappa shape index (κ1) is 18.3. The minimum absolute atomic E-state index is 0.238. The van der Waals surface area contributed by atoms with Crippen molar-refractivity contribution >= 4 is 23.5 Å². The van der Waals surface area contributed by atoms with E-state index in [1.807, 2.05) is 18.4 Å². The lowest BCUT2D eigenvalue weighted by Gasteiger charge is -2.14. The molecule has 2 aromatic rings. The number of hydrogen-bond acceptors (Lipinski definition) is 4. The lowest BCUT2D eigenvalue weighted by molar-refractivity contribution is -0.124.